The van der Waals surface area contributed by atoms with Crippen LogP contribution in [0.3, 0.4) is 0 Å². The zero-order chi connectivity index (χ0) is 15.0. The molecule has 0 radical (unpaired) electrons. The van der Waals surface area contributed by atoms with Crippen molar-refractivity contribution in [2.24, 2.45) is 0 Å². The molecule has 2 nitrogen and oxygen atoms in total. The van der Waals surface area contributed by atoms with E-state index in [0.29, 0.717) is 0 Å². The molecule has 0 heterocycles. The highest BCUT2D eigenvalue weighted by molar-refractivity contribution is 5.80. The lowest BCUT2D eigenvalue weighted by Gasteiger charge is -2.17. The molecular formula is C9H2F8O2. The Morgan fingerprint density at radius 3 is 2.00 bits per heavy atom. The summed E-state index contributed by atoms with van der Waals surface area (Å²) in [7, 11) is 0. The van der Waals surface area contributed by atoms with Crippen LogP contribution in [0.4, 0.5) is 35.1 Å². The van der Waals surface area contributed by atoms with Gasteiger partial charge in [0.1, 0.15) is 5.82 Å². The second-order valence-electron chi connectivity index (χ2n) is 3.16. The molecule has 0 amide bonds. The molecule has 1 aromatic carbocycles. The molecule has 10 heteroatoms. The fourth-order valence-electron chi connectivity index (χ4n) is 0.886. The van der Waals surface area contributed by atoms with Gasteiger partial charge in [0.05, 0.1) is 0 Å². The zero-order valence-corrected chi connectivity index (χ0v) is 8.49. The molecule has 106 valence electrons. The van der Waals surface area contributed by atoms with E-state index >= 15 is 0 Å². The molecule has 1 rings (SSSR count). The van der Waals surface area contributed by atoms with Crippen LogP contribution in [0.5, 0.6) is 5.75 Å². The first kappa shape index (κ1) is 15.2. The Kier molecular flexibility index (Phi) is 3.73. The van der Waals surface area contributed by atoms with Crippen LogP contribution in [-0.4, -0.2) is 18.1 Å². The number of carbonyl (C=O) groups excluding carboxylic acids is 1. The third-order valence-electron chi connectivity index (χ3n) is 1.77. The number of rotatable bonds is 2. The van der Waals surface area contributed by atoms with Crippen molar-refractivity contribution in [2.45, 2.75) is 12.1 Å². The SMILES string of the molecule is O=C(Oc1cc(F)cc(F)c1F)C(F)(F)C(F)(F)F. The van der Waals surface area contributed by atoms with Crippen LogP contribution < -0.4 is 4.74 Å². The highest BCUT2D eigenvalue weighted by atomic mass is 19.4. The third kappa shape index (κ3) is 2.93. The number of ether oxygens (including phenoxy) is 1. The number of hydrogen-bond donors (Lipinski definition) is 0. The van der Waals surface area contributed by atoms with Gasteiger partial charge in [0.2, 0.25) is 5.82 Å². The van der Waals surface area contributed by atoms with Crippen molar-refractivity contribution in [3.05, 3.63) is 29.6 Å². The summed E-state index contributed by atoms with van der Waals surface area (Å²) in [5.41, 5.74) is 0. The smallest absolute Gasteiger partial charge is 0.418 e. The summed E-state index contributed by atoms with van der Waals surface area (Å²) in [6.07, 6.45) is -6.29. The lowest BCUT2D eigenvalue weighted by atomic mass is 10.3. The third-order valence-corrected chi connectivity index (χ3v) is 1.77. The van der Waals surface area contributed by atoms with Gasteiger partial charge in [-0.15, -0.1) is 0 Å². The molecular weight excluding hydrogens is 292 g/mol. The Labute approximate surface area is 99.1 Å². The van der Waals surface area contributed by atoms with Crippen molar-refractivity contribution in [1.82, 2.24) is 0 Å². The van der Waals surface area contributed by atoms with Gasteiger partial charge < -0.3 is 4.74 Å². The molecule has 0 bridgehead atoms. The minimum Gasteiger partial charge on any atom is -0.418 e. The van der Waals surface area contributed by atoms with E-state index in [1.54, 1.807) is 0 Å². The van der Waals surface area contributed by atoms with E-state index in [2.05, 4.69) is 4.74 Å². The predicted octanol–water partition coefficient (Wildman–Crippen LogP) is 3.21. The summed E-state index contributed by atoms with van der Waals surface area (Å²) in [5.74, 6) is -16.4. The molecule has 19 heavy (non-hydrogen) atoms. The van der Waals surface area contributed by atoms with Gasteiger partial charge in [0.25, 0.3) is 0 Å². The van der Waals surface area contributed by atoms with Crippen LogP contribution in [0.15, 0.2) is 12.1 Å². The van der Waals surface area contributed by atoms with Crippen molar-refractivity contribution in [3.8, 4) is 5.75 Å². The van der Waals surface area contributed by atoms with Gasteiger partial charge in [0.15, 0.2) is 11.6 Å². The predicted molar refractivity (Wildman–Crippen MR) is 43.0 cm³/mol. The lowest BCUT2D eigenvalue weighted by molar-refractivity contribution is -0.276. The number of esters is 1. The maximum absolute atomic E-state index is 12.9. The Balaban J connectivity index is 3.08. The van der Waals surface area contributed by atoms with Crippen molar-refractivity contribution < 1.29 is 44.7 Å². The van der Waals surface area contributed by atoms with Gasteiger partial charge in [0, 0.05) is 12.1 Å². The van der Waals surface area contributed by atoms with Crippen LogP contribution in [0.25, 0.3) is 0 Å². The minimum atomic E-state index is -6.29. The first-order chi connectivity index (χ1) is 8.46. The maximum Gasteiger partial charge on any atom is 0.465 e. The van der Waals surface area contributed by atoms with Gasteiger partial charge in [-0.25, -0.2) is 13.6 Å². The van der Waals surface area contributed by atoms with E-state index in [-0.39, 0.29) is 12.1 Å². The van der Waals surface area contributed by atoms with Crippen LogP contribution in [-0.2, 0) is 4.79 Å². The molecule has 0 unspecified atom stereocenters. The average Bonchev–Trinajstić information content (AvgIpc) is 2.23. The molecule has 0 atom stereocenters. The van der Waals surface area contributed by atoms with E-state index in [9.17, 15) is 39.9 Å². The van der Waals surface area contributed by atoms with E-state index < -0.39 is 41.3 Å². The van der Waals surface area contributed by atoms with Gasteiger partial charge in [-0.05, 0) is 0 Å². The van der Waals surface area contributed by atoms with Crippen molar-refractivity contribution in [3.63, 3.8) is 0 Å². The van der Waals surface area contributed by atoms with E-state index in [1.807, 2.05) is 0 Å². The fraction of sp³-hybridized carbons (Fsp3) is 0.222. The summed E-state index contributed by atoms with van der Waals surface area (Å²) >= 11 is 0. The topological polar surface area (TPSA) is 26.3 Å². The Morgan fingerprint density at radius 1 is 1.00 bits per heavy atom. The molecule has 0 aromatic heterocycles. The van der Waals surface area contributed by atoms with Crippen LogP contribution >= 0.6 is 0 Å². The van der Waals surface area contributed by atoms with E-state index in [1.165, 1.54) is 0 Å². The average molecular weight is 294 g/mol. The minimum absolute atomic E-state index is 0.0193. The largest absolute Gasteiger partial charge is 0.465 e. The number of carbonyl (C=O) groups is 1. The molecule has 0 aliphatic rings. The number of halogens is 8. The Hall–Kier alpha value is -1.87. The zero-order valence-electron chi connectivity index (χ0n) is 8.49. The van der Waals surface area contributed by atoms with Crippen LogP contribution in [0.2, 0.25) is 0 Å². The van der Waals surface area contributed by atoms with Crippen molar-refractivity contribution >= 4 is 5.97 Å². The summed E-state index contributed by atoms with van der Waals surface area (Å²) in [6, 6.07) is -0.0721. The molecule has 1 aromatic rings. The van der Waals surface area contributed by atoms with Crippen molar-refractivity contribution in [1.29, 1.82) is 0 Å². The van der Waals surface area contributed by atoms with Gasteiger partial charge in [-0.3, -0.25) is 0 Å². The summed E-state index contributed by atoms with van der Waals surface area (Å²) in [6.45, 7) is 0. The summed E-state index contributed by atoms with van der Waals surface area (Å²) < 4.78 is 102. The molecule has 0 spiro atoms. The molecule has 0 N–H and O–H groups in total. The molecule has 0 aliphatic carbocycles. The van der Waals surface area contributed by atoms with Gasteiger partial charge in [-0.1, -0.05) is 0 Å². The number of benzene rings is 1. The highest BCUT2D eigenvalue weighted by Crippen LogP contribution is 2.37. The highest BCUT2D eigenvalue weighted by Gasteiger charge is 2.65. The first-order valence-electron chi connectivity index (χ1n) is 4.28. The standard InChI is InChI=1S/C9H2F8O2/c10-3-1-4(11)6(12)5(2-3)19-7(18)8(13,14)9(15,16)17/h1-2H. The normalized spacial score (nSPS) is 12.4. The van der Waals surface area contributed by atoms with Gasteiger partial charge >= 0.3 is 18.1 Å². The second kappa shape index (κ2) is 4.67. The first-order valence-corrected chi connectivity index (χ1v) is 4.28. The number of hydrogen-bond acceptors (Lipinski definition) is 2. The van der Waals surface area contributed by atoms with Crippen LogP contribution in [0.1, 0.15) is 0 Å². The van der Waals surface area contributed by atoms with Gasteiger partial charge in [-0.2, -0.15) is 26.3 Å². The Morgan fingerprint density at radius 2 is 1.53 bits per heavy atom. The maximum atomic E-state index is 12.9. The molecule has 0 saturated carbocycles. The van der Waals surface area contributed by atoms with E-state index in [4.69, 9.17) is 0 Å². The molecule has 0 aliphatic heterocycles. The van der Waals surface area contributed by atoms with Crippen LogP contribution in [0, 0.1) is 17.5 Å². The Bertz CT molecular complexity index is 508. The molecule has 0 saturated heterocycles. The molecule has 0 fully saturated rings. The fourth-order valence-corrected chi connectivity index (χ4v) is 0.886. The monoisotopic (exact) mass is 294 g/mol. The second-order valence-corrected chi connectivity index (χ2v) is 3.16. The quantitative estimate of drug-likeness (QED) is 0.362. The van der Waals surface area contributed by atoms with E-state index in [0.717, 1.165) is 0 Å². The number of alkyl halides is 5. The lowest BCUT2D eigenvalue weighted by Crippen LogP contribution is -2.46. The summed E-state index contributed by atoms with van der Waals surface area (Å²) in [5, 5.41) is 0. The van der Waals surface area contributed by atoms with Crippen molar-refractivity contribution in [2.75, 3.05) is 0 Å². The summed E-state index contributed by atoms with van der Waals surface area (Å²) in [4.78, 5) is 10.6.